The fourth-order valence-electron chi connectivity index (χ4n) is 2.67. The Labute approximate surface area is 84.0 Å². The molecule has 1 fully saturated rings. The molecule has 3 nitrogen and oxygen atoms in total. The second-order valence-corrected chi connectivity index (χ2v) is 4.59. The minimum absolute atomic E-state index is 0.196. The van der Waals surface area contributed by atoms with E-state index in [1.807, 2.05) is 6.92 Å². The van der Waals surface area contributed by atoms with Crippen molar-refractivity contribution in [1.82, 2.24) is 0 Å². The van der Waals surface area contributed by atoms with Gasteiger partial charge in [0, 0.05) is 17.4 Å². The van der Waals surface area contributed by atoms with E-state index in [1.54, 1.807) is 7.11 Å². The van der Waals surface area contributed by atoms with Crippen molar-refractivity contribution in [3.05, 3.63) is 11.1 Å². The quantitative estimate of drug-likeness (QED) is 0.594. The molecule has 0 unspecified atom stereocenters. The number of nitrogens with zero attached hydrogens (tertiary/aromatic N) is 2. The highest BCUT2D eigenvalue weighted by atomic mass is 16.6. The second kappa shape index (κ2) is 2.60. The van der Waals surface area contributed by atoms with Gasteiger partial charge in [0.25, 0.3) is 0 Å². The van der Waals surface area contributed by atoms with Crippen LogP contribution >= 0.6 is 0 Å². The highest BCUT2D eigenvalue weighted by Crippen LogP contribution is 2.67. The molecule has 0 aromatic heterocycles. The molecule has 0 spiro atoms. The molecule has 0 heterocycles. The molecule has 0 bridgehead atoms. The van der Waals surface area contributed by atoms with Crippen LogP contribution in [0.3, 0.4) is 0 Å². The minimum atomic E-state index is 0.196. The van der Waals surface area contributed by atoms with Gasteiger partial charge < -0.3 is 4.84 Å². The van der Waals surface area contributed by atoms with Crippen LogP contribution in [0.4, 0.5) is 0 Å². The fourth-order valence-corrected chi connectivity index (χ4v) is 2.67. The van der Waals surface area contributed by atoms with Gasteiger partial charge in [0.05, 0.1) is 11.8 Å². The third-order valence-corrected chi connectivity index (χ3v) is 3.53. The fraction of sp³-hybridized carbons (Fsp3) is 0.636. The molecule has 0 amide bonds. The maximum Gasteiger partial charge on any atom is 0.106 e. The average Bonchev–Trinajstić information content (AvgIpc) is 2.53. The van der Waals surface area contributed by atoms with Gasteiger partial charge in [-0.1, -0.05) is 19.0 Å². The van der Waals surface area contributed by atoms with Gasteiger partial charge in [-0.3, -0.25) is 0 Å². The summed E-state index contributed by atoms with van der Waals surface area (Å²) in [5, 5.41) is 13.1. The van der Waals surface area contributed by atoms with Crippen molar-refractivity contribution in [2.75, 3.05) is 7.11 Å². The van der Waals surface area contributed by atoms with Crippen LogP contribution in [0.5, 0.6) is 0 Å². The molecule has 0 aromatic rings. The van der Waals surface area contributed by atoms with Crippen molar-refractivity contribution >= 4 is 5.71 Å². The summed E-state index contributed by atoms with van der Waals surface area (Å²) >= 11 is 0. The Kier molecular flexibility index (Phi) is 1.72. The molecule has 2 aliphatic rings. The van der Waals surface area contributed by atoms with Crippen molar-refractivity contribution in [2.45, 2.75) is 20.8 Å². The summed E-state index contributed by atoms with van der Waals surface area (Å²) in [6.07, 6.45) is 0. The van der Waals surface area contributed by atoms with E-state index in [0.29, 0.717) is 11.8 Å². The Morgan fingerprint density at radius 3 is 2.50 bits per heavy atom. The number of nitriles is 1. The number of hydrogen-bond donors (Lipinski definition) is 0. The van der Waals surface area contributed by atoms with Gasteiger partial charge in [0.1, 0.15) is 7.11 Å². The summed E-state index contributed by atoms with van der Waals surface area (Å²) in [5.41, 5.74) is 3.08. The third-order valence-electron chi connectivity index (χ3n) is 3.53. The Bertz CT molecular complexity index is 385. The normalized spacial score (nSPS) is 35.5. The predicted octanol–water partition coefficient (Wildman–Crippen LogP) is 2.11. The summed E-state index contributed by atoms with van der Waals surface area (Å²) in [7, 11) is 1.55. The molecular formula is C11H14N2O. The van der Waals surface area contributed by atoms with E-state index < -0.39 is 0 Å². The smallest absolute Gasteiger partial charge is 0.106 e. The molecule has 3 heteroatoms. The van der Waals surface area contributed by atoms with Crippen molar-refractivity contribution in [1.29, 1.82) is 5.26 Å². The molecular weight excluding hydrogens is 176 g/mol. The third kappa shape index (κ3) is 0.886. The topological polar surface area (TPSA) is 45.4 Å². The molecule has 0 aliphatic heterocycles. The van der Waals surface area contributed by atoms with Gasteiger partial charge in [-0.05, 0) is 17.9 Å². The van der Waals surface area contributed by atoms with Crippen LogP contribution in [-0.4, -0.2) is 12.8 Å². The molecule has 2 aliphatic carbocycles. The number of hydrogen-bond acceptors (Lipinski definition) is 3. The Balaban J connectivity index is 2.45. The van der Waals surface area contributed by atoms with Crippen LogP contribution in [0.1, 0.15) is 20.8 Å². The first-order valence-electron chi connectivity index (χ1n) is 4.78. The zero-order chi connectivity index (χ0) is 10.5. The molecule has 1 saturated carbocycles. The maximum absolute atomic E-state index is 9.05. The molecule has 0 N–H and O–H groups in total. The van der Waals surface area contributed by atoms with Crippen LogP contribution in [-0.2, 0) is 4.84 Å². The van der Waals surface area contributed by atoms with Crippen molar-refractivity contribution in [3.63, 3.8) is 0 Å². The second-order valence-electron chi connectivity index (χ2n) is 4.59. The zero-order valence-corrected chi connectivity index (χ0v) is 8.96. The highest BCUT2D eigenvalue weighted by Gasteiger charge is 2.66. The Morgan fingerprint density at radius 2 is 2.07 bits per heavy atom. The first kappa shape index (κ1) is 9.26. The Hall–Kier alpha value is -1.30. The van der Waals surface area contributed by atoms with Gasteiger partial charge in [-0.2, -0.15) is 5.26 Å². The molecule has 0 aromatic carbocycles. The number of allylic oxidation sites excluding steroid dienone is 2. The number of fused-ring (bicyclic) bond motifs is 1. The molecule has 2 atom stereocenters. The lowest BCUT2D eigenvalue weighted by Gasteiger charge is -2.09. The van der Waals surface area contributed by atoms with E-state index in [2.05, 4.69) is 25.1 Å². The molecule has 0 radical (unpaired) electrons. The number of oxime groups is 1. The summed E-state index contributed by atoms with van der Waals surface area (Å²) in [6.45, 7) is 6.31. The van der Waals surface area contributed by atoms with E-state index in [9.17, 15) is 0 Å². The lowest BCUT2D eigenvalue weighted by atomic mass is 9.95. The lowest BCUT2D eigenvalue weighted by Crippen LogP contribution is -2.09. The van der Waals surface area contributed by atoms with Crippen LogP contribution < -0.4 is 0 Å². The first-order valence-corrected chi connectivity index (χ1v) is 4.78. The van der Waals surface area contributed by atoms with Crippen LogP contribution in [0.15, 0.2) is 16.3 Å². The van der Waals surface area contributed by atoms with Gasteiger partial charge in [-0.25, -0.2) is 0 Å². The predicted molar refractivity (Wildman–Crippen MR) is 53.5 cm³/mol. The van der Waals surface area contributed by atoms with E-state index in [1.165, 1.54) is 0 Å². The standard InChI is InChI=1S/C11H14N2O/c1-6-7(5-12)8-9(11(8,2)3)10(6)13-14-4/h8-9H,1-4H3/b13-10+/t8-,9-/m1/s1. The van der Waals surface area contributed by atoms with E-state index in [4.69, 9.17) is 10.1 Å². The molecule has 0 saturated heterocycles. The van der Waals surface area contributed by atoms with Crippen molar-refractivity contribution in [3.8, 4) is 6.07 Å². The molecule has 14 heavy (non-hydrogen) atoms. The molecule has 74 valence electrons. The van der Waals surface area contributed by atoms with Crippen molar-refractivity contribution in [2.24, 2.45) is 22.4 Å². The van der Waals surface area contributed by atoms with E-state index >= 15 is 0 Å². The first-order chi connectivity index (χ1) is 6.55. The highest BCUT2D eigenvalue weighted by molar-refractivity contribution is 6.08. The SMILES string of the molecule is CO/N=C1\C(C)=C(C#N)[C@@H]2[C@H]1C2(C)C. The minimum Gasteiger partial charge on any atom is -0.399 e. The monoisotopic (exact) mass is 190 g/mol. The van der Waals surface area contributed by atoms with Gasteiger partial charge in [0.2, 0.25) is 0 Å². The summed E-state index contributed by atoms with van der Waals surface area (Å²) < 4.78 is 0. The lowest BCUT2D eigenvalue weighted by molar-refractivity contribution is 0.212. The largest absolute Gasteiger partial charge is 0.399 e. The van der Waals surface area contributed by atoms with Crippen molar-refractivity contribution < 1.29 is 4.84 Å². The van der Waals surface area contributed by atoms with Gasteiger partial charge in [0.15, 0.2) is 0 Å². The van der Waals surface area contributed by atoms with Crippen LogP contribution in [0.25, 0.3) is 0 Å². The van der Waals surface area contributed by atoms with E-state index in [0.717, 1.165) is 16.9 Å². The number of rotatable bonds is 1. The van der Waals surface area contributed by atoms with Crippen LogP contribution in [0, 0.1) is 28.6 Å². The Morgan fingerprint density at radius 1 is 1.43 bits per heavy atom. The van der Waals surface area contributed by atoms with Gasteiger partial charge in [-0.15, -0.1) is 0 Å². The zero-order valence-electron chi connectivity index (χ0n) is 8.96. The summed E-state index contributed by atoms with van der Waals surface area (Å²) in [6, 6.07) is 2.29. The van der Waals surface area contributed by atoms with Crippen LogP contribution in [0.2, 0.25) is 0 Å². The van der Waals surface area contributed by atoms with E-state index in [-0.39, 0.29) is 5.41 Å². The average molecular weight is 190 g/mol. The summed E-state index contributed by atoms with van der Waals surface area (Å²) in [4.78, 5) is 4.82. The summed E-state index contributed by atoms with van der Waals surface area (Å²) in [5.74, 6) is 0.776. The molecule has 2 rings (SSSR count). The maximum atomic E-state index is 9.05. The van der Waals surface area contributed by atoms with Gasteiger partial charge >= 0.3 is 0 Å².